The third kappa shape index (κ3) is 15.3. The number of nitrogens with one attached hydrogen (secondary N) is 1. The Balaban J connectivity index is 1.02. The monoisotopic (exact) mass is 1180 g/mol. The van der Waals surface area contributed by atoms with Gasteiger partial charge in [-0.1, -0.05) is 187 Å². The highest BCUT2D eigenvalue weighted by atomic mass is 35.5. The summed E-state index contributed by atoms with van der Waals surface area (Å²) in [5, 5.41) is 7.06. The molecule has 0 spiro atoms. The van der Waals surface area contributed by atoms with Crippen molar-refractivity contribution < 1.29 is 76.0 Å². The average Bonchev–Trinajstić information content (AvgIpc) is 1.97. The van der Waals surface area contributed by atoms with Crippen LogP contribution in [0, 0.1) is 0 Å². The van der Waals surface area contributed by atoms with E-state index >= 15 is 0 Å². The van der Waals surface area contributed by atoms with E-state index in [9.17, 15) is 24.7 Å². The lowest BCUT2D eigenvalue weighted by Gasteiger charge is -2.49. The van der Waals surface area contributed by atoms with Crippen LogP contribution in [0.15, 0.2) is 192 Å². The van der Waals surface area contributed by atoms with Gasteiger partial charge in [-0.15, -0.1) is 11.6 Å². The highest BCUT2D eigenvalue weighted by Gasteiger charge is 2.61. The Morgan fingerprint density at radius 3 is 1.61 bits per heavy atom. The number of hydrogen-bond acceptors (Lipinski definition) is 18. The summed E-state index contributed by atoms with van der Waals surface area (Å²) in [7, 11) is 0. The number of alkyl halides is 1. The summed E-state index contributed by atoms with van der Waals surface area (Å²) in [5.74, 6) is -3.18. The number of halogens is 1. The van der Waals surface area contributed by atoms with Crippen LogP contribution < -0.4 is 5.32 Å². The van der Waals surface area contributed by atoms with Gasteiger partial charge in [-0.25, -0.2) is 14.4 Å². The molecule has 0 radical (unpaired) electrons. The predicted molar refractivity (Wildman–Crippen MR) is 302 cm³/mol. The zero-order chi connectivity index (χ0) is 58.2. The van der Waals surface area contributed by atoms with Crippen LogP contribution in [0.1, 0.15) is 34.7 Å². The van der Waals surface area contributed by atoms with E-state index in [1.165, 1.54) is 11.8 Å². The molecule has 6 aromatic carbocycles. The number of rotatable bonds is 24. The van der Waals surface area contributed by atoms with Crippen molar-refractivity contribution in [1.82, 2.24) is 5.32 Å². The van der Waals surface area contributed by atoms with Gasteiger partial charge in [0, 0.05) is 9.81 Å². The highest BCUT2D eigenvalue weighted by Crippen LogP contribution is 2.43. The van der Waals surface area contributed by atoms with Crippen LogP contribution in [0.2, 0.25) is 0 Å². The standard InChI is InChI=1S/C62H61ClN4O16S/c1-38-46(65-62(71)76-37-43-28-16-6-17-29-43)48(47(66-67-64)59(77-38)81-51-52-56(74-35-41-24-12-4-13-25-41)61(83-54(51)58(70)79-52)84-44-30-18-7-19-31-44)80-60-55(73-34-40-22-10-3-11-23-40)50(78-45(68)32-63)49(72-33-39-20-8-2-9-21-39)53(82-60)57(69)75-36-42-26-14-5-15-27-42/h2-31,38,46-56,59-61H,32-37H2,1H3,(H,65,71)/t38-,46+,47-,48+,49-,50+,51-,52+,53+,54+,55-,56-,59-,60+,61+/m1/s1. The van der Waals surface area contributed by atoms with Gasteiger partial charge in [0.05, 0.1) is 38.1 Å². The normalized spacial score (nSPS) is 28.0. The Hall–Kier alpha value is -7.37. The summed E-state index contributed by atoms with van der Waals surface area (Å²) in [5.41, 5.74) is 13.3. The fourth-order valence-electron chi connectivity index (χ4n) is 10.2. The molecule has 4 fully saturated rings. The molecule has 438 valence electrons. The molecule has 4 saturated heterocycles. The van der Waals surface area contributed by atoms with Gasteiger partial charge in [0.15, 0.2) is 37.0 Å². The third-order valence-electron chi connectivity index (χ3n) is 14.2. The van der Waals surface area contributed by atoms with Crippen molar-refractivity contribution in [3.63, 3.8) is 0 Å². The van der Waals surface area contributed by atoms with Crippen molar-refractivity contribution in [2.24, 2.45) is 5.11 Å². The van der Waals surface area contributed by atoms with Gasteiger partial charge in [-0.3, -0.25) is 4.79 Å². The second kappa shape index (κ2) is 29.4. The van der Waals surface area contributed by atoms with Gasteiger partial charge in [-0.2, -0.15) is 0 Å². The molecule has 0 aliphatic carbocycles. The number of azide groups is 1. The lowest BCUT2D eigenvalue weighted by Crippen LogP contribution is -2.68. The van der Waals surface area contributed by atoms with Crippen LogP contribution in [0.25, 0.3) is 10.4 Å². The van der Waals surface area contributed by atoms with E-state index in [1.54, 1.807) is 55.5 Å². The number of hydrogen-bond donors (Lipinski definition) is 1. The van der Waals surface area contributed by atoms with Crippen LogP contribution >= 0.6 is 23.4 Å². The molecule has 4 aliphatic rings. The number of carbonyl (C=O) groups excluding carboxylic acids is 4. The van der Waals surface area contributed by atoms with Crippen LogP contribution in [-0.4, -0.2) is 121 Å². The minimum absolute atomic E-state index is 0.0986. The van der Waals surface area contributed by atoms with Crippen LogP contribution in [0.5, 0.6) is 0 Å². The fourth-order valence-corrected chi connectivity index (χ4v) is 11.4. The molecule has 6 aromatic rings. The molecule has 0 aromatic heterocycles. The molecule has 22 heteroatoms. The first kappa shape index (κ1) is 59.8. The van der Waals surface area contributed by atoms with Crippen LogP contribution in [0.4, 0.5) is 4.79 Å². The Labute approximate surface area is 493 Å². The first-order valence-corrected chi connectivity index (χ1v) is 28.7. The second-order valence-corrected chi connectivity index (χ2v) is 21.4. The summed E-state index contributed by atoms with van der Waals surface area (Å²) in [6, 6.07) is 52.1. The number of esters is 3. The number of ether oxygens (including phenoxy) is 12. The van der Waals surface area contributed by atoms with Crippen molar-refractivity contribution in [2.75, 3.05) is 5.88 Å². The summed E-state index contributed by atoms with van der Waals surface area (Å²) in [6.45, 7) is 1.18. The van der Waals surface area contributed by atoms with Crippen LogP contribution in [-0.2, 0) is 104 Å². The van der Waals surface area contributed by atoms with E-state index in [2.05, 4.69) is 15.3 Å². The summed E-state index contributed by atoms with van der Waals surface area (Å²) in [4.78, 5) is 60.4. The van der Waals surface area contributed by atoms with Gasteiger partial charge < -0.3 is 62.2 Å². The molecule has 0 unspecified atom stereocenters. The first-order chi connectivity index (χ1) is 41.1. The molecule has 1 amide bonds. The number of nitrogens with zero attached hydrogens (tertiary/aromatic N) is 3. The lowest BCUT2D eigenvalue weighted by molar-refractivity contribution is -0.342. The smallest absolute Gasteiger partial charge is 0.407 e. The van der Waals surface area contributed by atoms with Crippen molar-refractivity contribution in [1.29, 1.82) is 0 Å². The molecular formula is C62H61ClN4O16S. The number of alkyl carbamates (subject to hydrolysis) is 1. The topological polar surface area (TPSA) is 240 Å². The van der Waals surface area contributed by atoms with Crippen molar-refractivity contribution in [2.45, 2.75) is 136 Å². The maximum Gasteiger partial charge on any atom is 0.407 e. The van der Waals surface area contributed by atoms with E-state index < -0.39 is 121 Å². The lowest BCUT2D eigenvalue weighted by atomic mass is 9.93. The molecule has 2 bridgehead atoms. The van der Waals surface area contributed by atoms with Crippen molar-refractivity contribution >= 4 is 47.4 Å². The summed E-state index contributed by atoms with van der Waals surface area (Å²) in [6.07, 6.45) is -17.7. The van der Waals surface area contributed by atoms with Crippen molar-refractivity contribution in [3.8, 4) is 0 Å². The second-order valence-electron chi connectivity index (χ2n) is 20.0. The Morgan fingerprint density at radius 2 is 1.07 bits per heavy atom. The molecule has 15 atom stereocenters. The first-order valence-electron chi connectivity index (χ1n) is 27.3. The molecule has 20 nitrogen and oxygen atoms in total. The Kier molecular flexibility index (Phi) is 20.9. The number of benzene rings is 6. The Morgan fingerprint density at radius 1 is 0.583 bits per heavy atom. The third-order valence-corrected chi connectivity index (χ3v) is 15.6. The zero-order valence-corrected chi connectivity index (χ0v) is 47.0. The van der Waals surface area contributed by atoms with Gasteiger partial charge in [-0.05, 0) is 52.4 Å². The minimum atomic E-state index is -1.77. The largest absolute Gasteiger partial charge is 0.459 e. The van der Waals surface area contributed by atoms with E-state index in [1.807, 2.05) is 133 Å². The molecule has 0 saturated carbocycles. The predicted octanol–water partition coefficient (Wildman–Crippen LogP) is 9.29. The number of thioether (sulfide) groups is 1. The fraction of sp³-hybridized carbons (Fsp3) is 0.355. The van der Waals surface area contributed by atoms with Crippen LogP contribution in [0.3, 0.4) is 0 Å². The molecule has 1 N–H and O–H groups in total. The zero-order valence-electron chi connectivity index (χ0n) is 45.4. The van der Waals surface area contributed by atoms with Gasteiger partial charge >= 0.3 is 24.0 Å². The van der Waals surface area contributed by atoms with E-state index in [4.69, 9.17) is 68.4 Å². The number of carbonyl (C=O) groups is 4. The SMILES string of the molecule is C[C@H]1O[C@H](O[C@@H]2[C@@H]3OC(=O)[C@H]2O[C@@H](Sc2ccccc2)[C@@H]3OCc2ccccc2)[C@H](N=[N+]=[N-])[C@@H](O[C@H]2O[C@H](C(=O)OCc3ccccc3)[C@H](OCc3ccccc3)[C@H](OC(=O)CCl)[C@H]2OCc2ccccc2)[C@H]1NC(=O)OCc1ccccc1. The number of fused-ring (bicyclic) bond motifs is 2. The summed E-state index contributed by atoms with van der Waals surface area (Å²) < 4.78 is 77.4. The molecular weight excluding hydrogens is 1120 g/mol. The van der Waals surface area contributed by atoms with Gasteiger partial charge in [0.1, 0.15) is 55.0 Å². The summed E-state index contributed by atoms with van der Waals surface area (Å²) >= 11 is 7.51. The quantitative estimate of drug-likeness (QED) is 0.0148. The molecule has 4 aliphatic heterocycles. The van der Waals surface area contributed by atoms with Gasteiger partial charge in [0.25, 0.3) is 0 Å². The maximum atomic E-state index is 14.7. The Bertz CT molecular complexity index is 3130. The molecule has 4 heterocycles. The maximum absolute atomic E-state index is 14.7. The average molecular weight is 1190 g/mol. The molecule has 84 heavy (non-hydrogen) atoms. The van der Waals surface area contributed by atoms with Gasteiger partial charge in [0.2, 0.25) is 0 Å². The molecule has 10 rings (SSSR count). The van der Waals surface area contributed by atoms with E-state index in [0.717, 1.165) is 10.5 Å². The van der Waals surface area contributed by atoms with E-state index in [-0.39, 0.29) is 33.0 Å². The minimum Gasteiger partial charge on any atom is -0.459 e. The number of amides is 1. The highest BCUT2D eigenvalue weighted by molar-refractivity contribution is 7.99. The van der Waals surface area contributed by atoms with E-state index in [0.29, 0.717) is 22.3 Å². The van der Waals surface area contributed by atoms with Crippen molar-refractivity contribution in [3.05, 3.63) is 220 Å².